The zero-order chi connectivity index (χ0) is 13.2. The highest BCUT2D eigenvalue weighted by Crippen LogP contribution is 2.35. The number of nitrogens with two attached hydrogens (primary N) is 1. The standard InChI is InChI=1S/C13H14N2O3S/c1-16-11-3-2-8(10-5-13(14)18-15-10)4-12(11)17-9-6-19-7-9/h2-5,9H,6-7,14H2,1H3. The smallest absolute Gasteiger partial charge is 0.222 e. The van der Waals surface area contributed by atoms with Gasteiger partial charge in [0.05, 0.1) is 7.11 Å². The van der Waals surface area contributed by atoms with Crippen LogP contribution in [0.1, 0.15) is 0 Å². The van der Waals surface area contributed by atoms with Gasteiger partial charge in [-0.25, -0.2) is 0 Å². The minimum atomic E-state index is 0.261. The maximum Gasteiger partial charge on any atom is 0.222 e. The van der Waals surface area contributed by atoms with Crippen molar-refractivity contribution in [3.63, 3.8) is 0 Å². The monoisotopic (exact) mass is 278 g/mol. The predicted octanol–water partition coefficient (Wildman–Crippen LogP) is 2.43. The Bertz CT molecular complexity index is 581. The molecule has 2 N–H and O–H groups in total. The number of thioether (sulfide) groups is 1. The molecular weight excluding hydrogens is 264 g/mol. The van der Waals surface area contributed by atoms with Crippen LogP contribution in [0.4, 0.5) is 5.88 Å². The van der Waals surface area contributed by atoms with Crippen LogP contribution in [0.3, 0.4) is 0 Å². The third-order valence-electron chi connectivity index (χ3n) is 2.89. The van der Waals surface area contributed by atoms with Crippen LogP contribution in [0.5, 0.6) is 11.5 Å². The van der Waals surface area contributed by atoms with Gasteiger partial charge in [0.2, 0.25) is 5.88 Å². The van der Waals surface area contributed by atoms with Crippen LogP contribution in [0.25, 0.3) is 11.3 Å². The quantitative estimate of drug-likeness (QED) is 0.926. The average molecular weight is 278 g/mol. The molecule has 1 aliphatic heterocycles. The van der Waals surface area contributed by atoms with Gasteiger partial charge in [-0.2, -0.15) is 11.8 Å². The Kier molecular flexibility index (Phi) is 3.25. The van der Waals surface area contributed by atoms with Crippen molar-refractivity contribution < 1.29 is 14.0 Å². The minimum absolute atomic E-state index is 0.261. The third kappa shape index (κ3) is 2.49. The molecule has 0 aliphatic carbocycles. The second kappa shape index (κ2) is 5.05. The lowest BCUT2D eigenvalue weighted by atomic mass is 10.1. The van der Waals surface area contributed by atoms with Crippen LogP contribution in [0, 0.1) is 0 Å². The molecule has 19 heavy (non-hydrogen) atoms. The van der Waals surface area contributed by atoms with Crippen LogP contribution in [0.15, 0.2) is 28.8 Å². The van der Waals surface area contributed by atoms with Gasteiger partial charge in [-0.3, -0.25) is 0 Å². The highest BCUT2D eigenvalue weighted by atomic mass is 32.2. The Morgan fingerprint density at radius 2 is 2.16 bits per heavy atom. The molecule has 0 bridgehead atoms. The second-order valence-electron chi connectivity index (χ2n) is 4.26. The van der Waals surface area contributed by atoms with E-state index in [1.54, 1.807) is 13.2 Å². The first-order valence-corrected chi connectivity index (χ1v) is 7.07. The molecule has 0 radical (unpaired) electrons. The van der Waals surface area contributed by atoms with Crippen molar-refractivity contribution in [3.8, 4) is 22.8 Å². The van der Waals surface area contributed by atoms with E-state index in [1.165, 1.54) is 0 Å². The molecule has 2 aromatic rings. The molecule has 0 spiro atoms. The average Bonchev–Trinajstić information content (AvgIpc) is 2.80. The van der Waals surface area contributed by atoms with Crippen molar-refractivity contribution in [2.75, 3.05) is 24.3 Å². The Labute approximate surface area is 115 Å². The number of methoxy groups -OCH3 is 1. The van der Waals surface area contributed by atoms with Crippen molar-refractivity contribution in [1.82, 2.24) is 5.16 Å². The molecule has 100 valence electrons. The van der Waals surface area contributed by atoms with Gasteiger partial charge >= 0.3 is 0 Å². The summed E-state index contributed by atoms with van der Waals surface area (Å²) in [6.07, 6.45) is 0.261. The Hall–Kier alpha value is -1.82. The van der Waals surface area contributed by atoms with E-state index in [0.717, 1.165) is 28.6 Å². The van der Waals surface area contributed by atoms with Crippen LogP contribution in [0.2, 0.25) is 0 Å². The van der Waals surface area contributed by atoms with Crippen molar-refractivity contribution in [3.05, 3.63) is 24.3 Å². The van der Waals surface area contributed by atoms with Gasteiger partial charge in [0.15, 0.2) is 11.5 Å². The van der Waals surface area contributed by atoms with Crippen LogP contribution in [-0.2, 0) is 0 Å². The lowest BCUT2D eigenvalue weighted by molar-refractivity contribution is 0.228. The third-order valence-corrected chi connectivity index (χ3v) is 4.10. The second-order valence-corrected chi connectivity index (χ2v) is 5.33. The van der Waals surface area contributed by atoms with E-state index in [1.807, 2.05) is 30.0 Å². The summed E-state index contributed by atoms with van der Waals surface area (Å²) >= 11 is 1.87. The molecule has 1 saturated heterocycles. The van der Waals surface area contributed by atoms with Crippen molar-refractivity contribution in [2.24, 2.45) is 0 Å². The summed E-state index contributed by atoms with van der Waals surface area (Å²) in [5, 5.41) is 3.90. The van der Waals surface area contributed by atoms with Crippen LogP contribution in [-0.4, -0.2) is 29.9 Å². The highest BCUT2D eigenvalue weighted by Gasteiger charge is 2.22. The Morgan fingerprint density at radius 1 is 1.32 bits per heavy atom. The van der Waals surface area contributed by atoms with Crippen molar-refractivity contribution in [1.29, 1.82) is 0 Å². The Balaban J connectivity index is 1.91. The number of hydrogen-bond donors (Lipinski definition) is 1. The number of nitrogens with zero attached hydrogens (tertiary/aromatic N) is 1. The van der Waals surface area contributed by atoms with Gasteiger partial charge in [0, 0.05) is 23.1 Å². The fraction of sp³-hybridized carbons (Fsp3) is 0.308. The van der Waals surface area contributed by atoms with Gasteiger partial charge in [-0.1, -0.05) is 5.16 Å². The zero-order valence-electron chi connectivity index (χ0n) is 10.5. The molecule has 0 saturated carbocycles. The van der Waals surface area contributed by atoms with Crippen molar-refractivity contribution >= 4 is 17.6 Å². The predicted molar refractivity (Wildman–Crippen MR) is 74.6 cm³/mol. The molecule has 2 heterocycles. The molecule has 1 aromatic carbocycles. The van der Waals surface area contributed by atoms with E-state index in [0.29, 0.717) is 11.6 Å². The zero-order valence-corrected chi connectivity index (χ0v) is 11.3. The van der Waals surface area contributed by atoms with Gasteiger partial charge in [0.25, 0.3) is 0 Å². The molecule has 5 nitrogen and oxygen atoms in total. The molecule has 0 atom stereocenters. The van der Waals surface area contributed by atoms with E-state index in [2.05, 4.69) is 5.16 Å². The summed E-state index contributed by atoms with van der Waals surface area (Å²) in [5.41, 5.74) is 7.11. The van der Waals surface area contributed by atoms with E-state index in [4.69, 9.17) is 19.7 Å². The van der Waals surface area contributed by atoms with E-state index < -0.39 is 0 Å². The summed E-state index contributed by atoms with van der Waals surface area (Å²) in [7, 11) is 1.63. The first-order chi connectivity index (χ1) is 9.26. The van der Waals surface area contributed by atoms with E-state index in [9.17, 15) is 0 Å². The van der Waals surface area contributed by atoms with E-state index in [-0.39, 0.29) is 6.10 Å². The molecule has 0 amide bonds. The largest absolute Gasteiger partial charge is 0.493 e. The summed E-state index contributed by atoms with van der Waals surface area (Å²) < 4.78 is 16.1. The number of nitrogen functional groups attached to an aromatic ring is 1. The van der Waals surface area contributed by atoms with E-state index >= 15 is 0 Å². The lowest BCUT2D eigenvalue weighted by Crippen LogP contribution is -2.31. The molecule has 0 unspecified atom stereocenters. The first kappa shape index (κ1) is 12.2. The number of ether oxygens (including phenoxy) is 2. The summed E-state index contributed by atoms with van der Waals surface area (Å²) in [5.74, 6) is 3.78. The van der Waals surface area contributed by atoms with Crippen LogP contribution < -0.4 is 15.2 Å². The number of anilines is 1. The molecule has 1 aliphatic rings. The maximum absolute atomic E-state index is 5.91. The van der Waals surface area contributed by atoms with Gasteiger partial charge in [-0.05, 0) is 18.2 Å². The molecule has 1 aromatic heterocycles. The Morgan fingerprint density at radius 3 is 2.74 bits per heavy atom. The normalized spacial score (nSPS) is 15.0. The summed E-state index contributed by atoms with van der Waals surface area (Å²) in [4.78, 5) is 0. The summed E-state index contributed by atoms with van der Waals surface area (Å²) in [6, 6.07) is 7.35. The van der Waals surface area contributed by atoms with Gasteiger partial charge in [0.1, 0.15) is 11.8 Å². The first-order valence-electron chi connectivity index (χ1n) is 5.91. The van der Waals surface area contributed by atoms with Gasteiger partial charge in [-0.15, -0.1) is 0 Å². The SMILES string of the molecule is COc1ccc(-c2cc(N)on2)cc1OC1CSC1. The van der Waals surface area contributed by atoms with Crippen LogP contribution >= 0.6 is 11.8 Å². The number of hydrogen-bond acceptors (Lipinski definition) is 6. The lowest BCUT2D eigenvalue weighted by Gasteiger charge is -2.26. The minimum Gasteiger partial charge on any atom is -0.493 e. The number of rotatable bonds is 4. The maximum atomic E-state index is 5.91. The summed E-state index contributed by atoms with van der Waals surface area (Å²) in [6.45, 7) is 0. The fourth-order valence-corrected chi connectivity index (χ4v) is 2.38. The topological polar surface area (TPSA) is 70.5 Å². The molecule has 1 fully saturated rings. The highest BCUT2D eigenvalue weighted by molar-refractivity contribution is 8.00. The number of aromatic nitrogens is 1. The van der Waals surface area contributed by atoms with Gasteiger partial charge < -0.3 is 19.7 Å². The number of benzene rings is 1. The van der Waals surface area contributed by atoms with Crippen molar-refractivity contribution in [2.45, 2.75) is 6.10 Å². The molecular formula is C13H14N2O3S. The molecule has 6 heteroatoms. The molecule has 3 rings (SSSR count). The fourth-order valence-electron chi connectivity index (χ4n) is 1.82.